The highest BCUT2D eigenvalue weighted by Crippen LogP contribution is 2.26. The molecule has 0 spiro atoms. The predicted octanol–water partition coefficient (Wildman–Crippen LogP) is 1.46. The van der Waals surface area contributed by atoms with E-state index in [1.54, 1.807) is 6.20 Å². The minimum Gasteiger partial charge on any atom is -0.356 e. The highest BCUT2D eigenvalue weighted by molar-refractivity contribution is 7.44. The van der Waals surface area contributed by atoms with Gasteiger partial charge in [-0.05, 0) is 12.1 Å². The van der Waals surface area contributed by atoms with Crippen LogP contribution in [0.2, 0.25) is 0 Å². The van der Waals surface area contributed by atoms with Crippen LogP contribution in [-0.2, 0) is 4.57 Å². The van der Waals surface area contributed by atoms with Gasteiger partial charge in [-0.3, -0.25) is 0 Å². The molecule has 70 valence electrons. The molecule has 0 radical (unpaired) electrons. The van der Waals surface area contributed by atoms with Crippen LogP contribution in [0, 0.1) is 0 Å². The second-order valence-corrected chi connectivity index (χ2v) is 5.29. The van der Waals surface area contributed by atoms with Crippen molar-refractivity contribution in [3.8, 4) is 0 Å². The van der Waals surface area contributed by atoms with Crippen LogP contribution in [0.25, 0.3) is 0 Å². The van der Waals surface area contributed by atoms with Gasteiger partial charge < -0.3 is 9.46 Å². The van der Waals surface area contributed by atoms with Gasteiger partial charge >= 0.3 is 0 Å². The fourth-order valence-electron chi connectivity index (χ4n) is 1.53. The van der Waals surface area contributed by atoms with Gasteiger partial charge in [0.1, 0.15) is 5.82 Å². The molecule has 2 heterocycles. The number of hydrogen-bond acceptors (Lipinski definition) is 3. The monoisotopic (exact) mass is 196 g/mol. The van der Waals surface area contributed by atoms with E-state index in [1.165, 1.54) is 0 Å². The van der Waals surface area contributed by atoms with Crippen molar-refractivity contribution in [3.63, 3.8) is 0 Å². The molecular formula is C9H13N2OP. The molecule has 1 aromatic rings. The van der Waals surface area contributed by atoms with Crippen molar-refractivity contribution in [2.75, 3.05) is 30.3 Å². The van der Waals surface area contributed by atoms with Crippen LogP contribution in [0.5, 0.6) is 0 Å². The van der Waals surface area contributed by atoms with Crippen molar-refractivity contribution in [1.29, 1.82) is 0 Å². The topological polar surface area (TPSA) is 33.2 Å². The summed E-state index contributed by atoms with van der Waals surface area (Å²) < 4.78 is 11.2. The third-order valence-corrected chi connectivity index (χ3v) is 3.86. The van der Waals surface area contributed by atoms with E-state index in [2.05, 4.69) is 9.88 Å². The third kappa shape index (κ3) is 2.10. The summed E-state index contributed by atoms with van der Waals surface area (Å²) in [5, 5.41) is 0. The van der Waals surface area contributed by atoms with E-state index in [9.17, 15) is 4.57 Å². The summed E-state index contributed by atoms with van der Waals surface area (Å²) in [5.41, 5.74) is 0. The van der Waals surface area contributed by atoms with E-state index < -0.39 is 7.80 Å². The van der Waals surface area contributed by atoms with Crippen molar-refractivity contribution < 1.29 is 4.57 Å². The second kappa shape index (κ2) is 3.93. The van der Waals surface area contributed by atoms with Gasteiger partial charge in [0.2, 0.25) is 0 Å². The van der Waals surface area contributed by atoms with Crippen molar-refractivity contribution in [1.82, 2.24) is 4.98 Å². The van der Waals surface area contributed by atoms with Crippen LogP contribution < -0.4 is 4.90 Å². The van der Waals surface area contributed by atoms with Crippen LogP contribution in [0.1, 0.15) is 0 Å². The number of anilines is 1. The van der Waals surface area contributed by atoms with Gasteiger partial charge in [0, 0.05) is 31.6 Å². The smallest absolute Gasteiger partial charge is 0.128 e. The summed E-state index contributed by atoms with van der Waals surface area (Å²) in [5.74, 6) is 1.01. The minimum absolute atomic E-state index is 0.848. The Labute approximate surface area is 78.6 Å². The summed E-state index contributed by atoms with van der Waals surface area (Å²) in [7, 11) is -1.25. The van der Waals surface area contributed by atoms with Crippen molar-refractivity contribution in [3.05, 3.63) is 24.4 Å². The van der Waals surface area contributed by atoms with Gasteiger partial charge in [0.05, 0.1) is 7.80 Å². The number of pyridine rings is 1. The lowest BCUT2D eigenvalue weighted by atomic mass is 10.4. The highest BCUT2D eigenvalue weighted by Gasteiger charge is 2.15. The Morgan fingerprint density at radius 1 is 1.31 bits per heavy atom. The first-order chi connectivity index (χ1) is 6.36. The summed E-state index contributed by atoms with van der Waals surface area (Å²) >= 11 is 0. The molecule has 0 atom stereocenters. The Morgan fingerprint density at radius 2 is 2.08 bits per heavy atom. The van der Waals surface area contributed by atoms with E-state index in [0.29, 0.717) is 0 Å². The maximum absolute atomic E-state index is 11.2. The number of aromatic nitrogens is 1. The van der Waals surface area contributed by atoms with Crippen LogP contribution in [-0.4, -0.2) is 30.4 Å². The molecule has 1 aromatic heterocycles. The Morgan fingerprint density at radius 3 is 2.69 bits per heavy atom. The molecule has 3 nitrogen and oxygen atoms in total. The van der Waals surface area contributed by atoms with Crippen LogP contribution in [0.4, 0.5) is 5.82 Å². The summed E-state index contributed by atoms with van der Waals surface area (Å²) in [6.07, 6.45) is 3.50. The molecule has 0 unspecified atom stereocenters. The largest absolute Gasteiger partial charge is 0.356 e. The van der Waals surface area contributed by atoms with Gasteiger partial charge in [0.25, 0.3) is 0 Å². The van der Waals surface area contributed by atoms with Gasteiger partial charge in [-0.2, -0.15) is 0 Å². The van der Waals surface area contributed by atoms with E-state index in [0.717, 1.165) is 31.2 Å². The zero-order valence-electron chi connectivity index (χ0n) is 7.44. The summed E-state index contributed by atoms with van der Waals surface area (Å²) in [4.78, 5) is 6.46. The molecule has 4 heteroatoms. The Balaban J connectivity index is 2.07. The van der Waals surface area contributed by atoms with E-state index in [-0.39, 0.29) is 0 Å². The van der Waals surface area contributed by atoms with Crippen LogP contribution in [0.15, 0.2) is 24.4 Å². The van der Waals surface area contributed by atoms with Gasteiger partial charge in [-0.15, -0.1) is 0 Å². The van der Waals surface area contributed by atoms with Crippen molar-refractivity contribution >= 4 is 13.6 Å². The first-order valence-corrected chi connectivity index (χ1v) is 6.36. The summed E-state index contributed by atoms with van der Waals surface area (Å²) in [6.45, 7) is 1.80. The van der Waals surface area contributed by atoms with E-state index in [4.69, 9.17) is 0 Å². The number of hydrogen-bond donors (Lipinski definition) is 0. The second-order valence-electron chi connectivity index (χ2n) is 3.21. The van der Waals surface area contributed by atoms with Crippen molar-refractivity contribution in [2.24, 2.45) is 0 Å². The lowest BCUT2D eigenvalue weighted by Gasteiger charge is -2.27. The quantitative estimate of drug-likeness (QED) is 0.637. The third-order valence-electron chi connectivity index (χ3n) is 2.29. The van der Waals surface area contributed by atoms with E-state index >= 15 is 0 Å². The Hall–Kier alpha value is -0.820. The SMILES string of the molecule is O=[PH]1CCN(c2ccccn2)CC1. The average Bonchev–Trinajstić information content (AvgIpc) is 2.20. The zero-order valence-corrected chi connectivity index (χ0v) is 8.44. The standard InChI is InChI=1S/C9H13N2OP/c12-13-7-5-11(6-8-13)9-3-1-2-4-10-9/h1-4,13H,5-8H2. The van der Waals surface area contributed by atoms with E-state index in [1.807, 2.05) is 18.2 Å². The minimum atomic E-state index is -1.25. The molecule has 1 fully saturated rings. The molecule has 0 aromatic carbocycles. The molecule has 0 saturated carbocycles. The molecule has 1 aliphatic heterocycles. The molecule has 0 aliphatic carbocycles. The van der Waals surface area contributed by atoms with Gasteiger partial charge in [-0.1, -0.05) is 6.07 Å². The highest BCUT2D eigenvalue weighted by atomic mass is 31.1. The fraction of sp³-hybridized carbons (Fsp3) is 0.444. The average molecular weight is 196 g/mol. The molecule has 13 heavy (non-hydrogen) atoms. The Kier molecular flexibility index (Phi) is 2.65. The molecule has 1 saturated heterocycles. The number of rotatable bonds is 1. The molecule has 0 bridgehead atoms. The lowest BCUT2D eigenvalue weighted by molar-refractivity contribution is 0.582. The van der Waals surface area contributed by atoms with Crippen molar-refractivity contribution in [2.45, 2.75) is 0 Å². The molecule has 0 amide bonds. The molecule has 1 aliphatic rings. The van der Waals surface area contributed by atoms with Crippen LogP contribution in [0.3, 0.4) is 0 Å². The lowest BCUT2D eigenvalue weighted by Crippen LogP contribution is -2.32. The number of nitrogens with zero attached hydrogens (tertiary/aromatic N) is 2. The fourth-order valence-corrected chi connectivity index (χ4v) is 2.81. The predicted molar refractivity (Wildman–Crippen MR) is 55.2 cm³/mol. The van der Waals surface area contributed by atoms with Gasteiger partial charge in [0.15, 0.2) is 0 Å². The summed E-state index contributed by atoms with van der Waals surface area (Å²) in [6, 6.07) is 5.90. The van der Waals surface area contributed by atoms with Crippen LogP contribution >= 0.6 is 7.80 Å². The molecule has 0 N–H and O–H groups in total. The molecule has 2 rings (SSSR count). The van der Waals surface area contributed by atoms with Gasteiger partial charge in [-0.25, -0.2) is 4.98 Å². The Bertz CT molecular complexity index is 292. The maximum atomic E-state index is 11.2. The normalized spacial score (nSPS) is 18.9. The molecular weight excluding hydrogens is 183 g/mol. The first kappa shape index (κ1) is 8.76. The first-order valence-electron chi connectivity index (χ1n) is 4.54. The zero-order chi connectivity index (χ0) is 9.10. The maximum Gasteiger partial charge on any atom is 0.128 e.